The minimum absolute atomic E-state index is 0.0689. The third-order valence-electron chi connectivity index (χ3n) is 5.18. The average molecular weight is 399 g/mol. The summed E-state index contributed by atoms with van der Waals surface area (Å²) in [5.74, 6) is 1.04. The van der Waals surface area contributed by atoms with Gasteiger partial charge in [0.1, 0.15) is 11.3 Å². The van der Waals surface area contributed by atoms with E-state index in [2.05, 4.69) is 58.2 Å². The molecule has 1 N–H and O–H groups in total. The van der Waals surface area contributed by atoms with Gasteiger partial charge in [-0.3, -0.25) is 4.79 Å². The van der Waals surface area contributed by atoms with Crippen LogP contribution in [0.25, 0.3) is 11.2 Å². The fraction of sp³-hybridized carbons (Fsp3) is 0.240. The number of carbonyl (C=O) groups excluding carboxylic acids is 1. The number of pyridine rings is 1. The van der Waals surface area contributed by atoms with E-state index in [0.717, 1.165) is 41.9 Å². The minimum Gasteiger partial charge on any atom is -0.352 e. The number of rotatable bonds is 8. The van der Waals surface area contributed by atoms with Gasteiger partial charge in [0.15, 0.2) is 5.65 Å². The minimum atomic E-state index is 0.0689. The van der Waals surface area contributed by atoms with Crippen molar-refractivity contribution in [3.05, 3.63) is 95.4 Å². The lowest BCUT2D eigenvalue weighted by Gasteiger charge is -2.09. The van der Waals surface area contributed by atoms with Crippen molar-refractivity contribution in [3.8, 4) is 0 Å². The summed E-state index contributed by atoms with van der Waals surface area (Å²) in [6, 6.07) is 22.4. The number of hydrogen-bond acceptors (Lipinski definition) is 3. The number of amides is 1. The molecular weight excluding hydrogens is 372 g/mol. The molecule has 4 aromatic rings. The second-order valence-corrected chi connectivity index (χ2v) is 7.56. The van der Waals surface area contributed by atoms with E-state index in [-0.39, 0.29) is 5.91 Å². The van der Waals surface area contributed by atoms with Gasteiger partial charge in [-0.15, -0.1) is 0 Å². The van der Waals surface area contributed by atoms with Crippen molar-refractivity contribution in [2.45, 2.75) is 39.3 Å². The molecule has 152 valence electrons. The normalized spacial score (nSPS) is 11.0. The van der Waals surface area contributed by atoms with Gasteiger partial charge in [0.05, 0.1) is 6.54 Å². The predicted octanol–water partition coefficient (Wildman–Crippen LogP) is 4.43. The van der Waals surface area contributed by atoms with E-state index in [9.17, 15) is 4.79 Å². The Morgan fingerprint density at radius 1 is 0.967 bits per heavy atom. The van der Waals surface area contributed by atoms with Gasteiger partial charge in [-0.2, -0.15) is 0 Å². The Labute approximate surface area is 176 Å². The molecule has 2 aromatic heterocycles. The van der Waals surface area contributed by atoms with Crippen LogP contribution in [-0.2, 0) is 24.3 Å². The third-order valence-corrected chi connectivity index (χ3v) is 5.18. The molecule has 0 saturated carbocycles. The highest BCUT2D eigenvalue weighted by atomic mass is 16.1. The van der Waals surface area contributed by atoms with Crippen LogP contribution in [0.2, 0.25) is 0 Å². The Hall–Kier alpha value is -3.47. The molecule has 0 radical (unpaired) electrons. The molecule has 30 heavy (non-hydrogen) atoms. The molecule has 0 unspecified atom stereocenters. The number of carbonyl (C=O) groups is 1. The zero-order valence-corrected chi connectivity index (χ0v) is 17.2. The molecule has 4 rings (SSSR count). The van der Waals surface area contributed by atoms with E-state index >= 15 is 0 Å². The average Bonchev–Trinajstić information content (AvgIpc) is 3.11. The number of imidazole rings is 1. The summed E-state index contributed by atoms with van der Waals surface area (Å²) in [6.45, 7) is 3.35. The smallest absolute Gasteiger partial charge is 0.220 e. The first-order valence-corrected chi connectivity index (χ1v) is 10.4. The summed E-state index contributed by atoms with van der Waals surface area (Å²) in [5, 5.41) is 3.01. The van der Waals surface area contributed by atoms with E-state index in [4.69, 9.17) is 4.98 Å². The van der Waals surface area contributed by atoms with Crippen LogP contribution in [0.1, 0.15) is 35.4 Å². The van der Waals surface area contributed by atoms with Gasteiger partial charge in [-0.1, -0.05) is 60.2 Å². The van der Waals surface area contributed by atoms with E-state index in [1.54, 1.807) is 6.20 Å². The summed E-state index contributed by atoms with van der Waals surface area (Å²) in [4.78, 5) is 21.6. The van der Waals surface area contributed by atoms with E-state index < -0.39 is 0 Å². The molecule has 5 nitrogen and oxygen atoms in total. The highest BCUT2D eigenvalue weighted by molar-refractivity contribution is 5.76. The SMILES string of the molecule is Cc1ccc(CNC(=O)CCCc2nc3cccnc3n2Cc2ccccc2)cc1. The number of aryl methyl sites for hydroxylation is 2. The van der Waals surface area contributed by atoms with Crippen molar-refractivity contribution in [2.75, 3.05) is 0 Å². The van der Waals surface area contributed by atoms with E-state index in [0.29, 0.717) is 13.0 Å². The maximum absolute atomic E-state index is 12.3. The topological polar surface area (TPSA) is 59.8 Å². The molecule has 1 amide bonds. The number of hydrogen-bond donors (Lipinski definition) is 1. The molecule has 2 aromatic carbocycles. The summed E-state index contributed by atoms with van der Waals surface area (Å²) < 4.78 is 2.16. The molecule has 0 fully saturated rings. The number of benzene rings is 2. The van der Waals surface area contributed by atoms with Gasteiger partial charge in [-0.05, 0) is 36.6 Å². The number of aromatic nitrogens is 3. The highest BCUT2D eigenvalue weighted by Crippen LogP contribution is 2.17. The summed E-state index contributed by atoms with van der Waals surface area (Å²) in [5.41, 5.74) is 5.33. The quantitative estimate of drug-likeness (QED) is 0.478. The Morgan fingerprint density at radius 3 is 2.57 bits per heavy atom. The van der Waals surface area contributed by atoms with E-state index in [1.165, 1.54) is 11.1 Å². The lowest BCUT2D eigenvalue weighted by atomic mass is 10.1. The van der Waals surface area contributed by atoms with Crippen molar-refractivity contribution in [1.29, 1.82) is 0 Å². The van der Waals surface area contributed by atoms with E-state index in [1.807, 2.05) is 30.3 Å². The maximum Gasteiger partial charge on any atom is 0.220 e. The van der Waals surface area contributed by atoms with Crippen LogP contribution in [0.15, 0.2) is 72.9 Å². The molecule has 0 saturated heterocycles. The van der Waals surface area contributed by atoms with Crippen LogP contribution < -0.4 is 5.32 Å². The van der Waals surface area contributed by atoms with Crippen molar-refractivity contribution in [1.82, 2.24) is 19.9 Å². The second-order valence-electron chi connectivity index (χ2n) is 7.56. The first-order chi connectivity index (χ1) is 14.7. The lowest BCUT2D eigenvalue weighted by Crippen LogP contribution is -2.22. The number of fused-ring (bicyclic) bond motifs is 1. The lowest BCUT2D eigenvalue weighted by molar-refractivity contribution is -0.121. The first kappa shape index (κ1) is 19.8. The standard InChI is InChI=1S/C25H26N4O/c1-19-12-14-20(15-13-19)17-27-24(30)11-5-10-23-28-22-9-6-16-26-25(22)29(23)18-21-7-3-2-4-8-21/h2-4,6-9,12-16H,5,10-11,17-18H2,1H3,(H,27,30). The maximum atomic E-state index is 12.3. The molecule has 0 atom stereocenters. The molecule has 0 aliphatic heterocycles. The van der Waals surface area contributed by atoms with Gasteiger partial charge < -0.3 is 9.88 Å². The molecule has 5 heteroatoms. The zero-order chi connectivity index (χ0) is 20.8. The summed E-state index contributed by atoms with van der Waals surface area (Å²) in [6.07, 6.45) is 3.76. The second kappa shape index (κ2) is 9.35. The Kier molecular flexibility index (Phi) is 6.18. The monoisotopic (exact) mass is 398 g/mol. The number of nitrogens with one attached hydrogen (secondary N) is 1. The van der Waals surface area contributed by atoms with Gasteiger partial charge in [-0.25, -0.2) is 9.97 Å². The van der Waals surface area contributed by atoms with Gasteiger partial charge in [0.25, 0.3) is 0 Å². The largest absolute Gasteiger partial charge is 0.352 e. The molecule has 0 aliphatic carbocycles. The van der Waals surface area contributed by atoms with Crippen molar-refractivity contribution in [3.63, 3.8) is 0 Å². The van der Waals surface area contributed by atoms with Crippen LogP contribution >= 0.6 is 0 Å². The van der Waals surface area contributed by atoms with Crippen molar-refractivity contribution >= 4 is 17.1 Å². The molecule has 0 bridgehead atoms. The van der Waals surface area contributed by atoms with Gasteiger partial charge in [0.2, 0.25) is 5.91 Å². The highest BCUT2D eigenvalue weighted by Gasteiger charge is 2.12. The van der Waals surface area contributed by atoms with Crippen LogP contribution in [0, 0.1) is 6.92 Å². The fourth-order valence-electron chi connectivity index (χ4n) is 3.53. The Bertz CT molecular complexity index is 1120. The Morgan fingerprint density at radius 2 is 1.77 bits per heavy atom. The van der Waals surface area contributed by atoms with Crippen molar-refractivity contribution < 1.29 is 4.79 Å². The van der Waals surface area contributed by atoms with Crippen LogP contribution in [0.5, 0.6) is 0 Å². The number of nitrogens with zero attached hydrogens (tertiary/aromatic N) is 3. The van der Waals surface area contributed by atoms with Crippen molar-refractivity contribution in [2.24, 2.45) is 0 Å². The van der Waals surface area contributed by atoms with Gasteiger partial charge >= 0.3 is 0 Å². The predicted molar refractivity (Wildman–Crippen MR) is 119 cm³/mol. The molecular formula is C25H26N4O. The summed E-state index contributed by atoms with van der Waals surface area (Å²) in [7, 11) is 0. The zero-order valence-electron chi connectivity index (χ0n) is 17.2. The van der Waals surface area contributed by atoms with Crippen LogP contribution in [-0.4, -0.2) is 20.4 Å². The first-order valence-electron chi connectivity index (χ1n) is 10.4. The summed E-state index contributed by atoms with van der Waals surface area (Å²) >= 11 is 0. The fourth-order valence-corrected chi connectivity index (χ4v) is 3.53. The van der Waals surface area contributed by atoms with Gasteiger partial charge in [0, 0.05) is 25.6 Å². The van der Waals surface area contributed by atoms with Crippen LogP contribution in [0.4, 0.5) is 0 Å². The molecule has 2 heterocycles. The molecule has 0 spiro atoms. The third kappa shape index (κ3) is 4.92. The Balaban J connectivity index is 1.38. The van der Waals surface area contributed by atoms with Crippen LogP contribution in [0.3, 0.4) is 0 Å². The molecule has 0 aliphatic rings.